The summed E-state index contributed by atoms with van der Waals surface area (Å²) in [4.78, 5) is 6.96. The van der Waals surface area contributed by atoms with Crippen molar-refractivity contribution in [2.75, 3.05) is 0 Å². The fourth-order valence-electron chi connectivity index (χ4n) is 1.82. The maximum atomic E-state index is 14.2. The van der Waals surface area contributed by atoms with E-state index in [4.69, 9.17) is 11.6 Å². The molecule has 2 heterocycles. The fourth-order valence-corrected chi connectivity index (χ4v) is 2.09. The summed E-state index contributed by atoms with van der Waals surface area (Å²) >= 11 is 5.94. The van der Waals surface area contributed by atoms with Crippen molar-refractivity contribution in [1.82, 2.24) is 20.2 Å². The summed E-state index contributed by atoms with van der Waals surface area (Å²) in [7, 11) is 0. The Morgan fingerprint density at radius 3 is 2.88 bits per heavy atom. The van der Waals surface area contributed by atoms with Crippen LogP contribution < -0.4 is 0 Å². The molecule has 2 aromatic heterocycles. The first-order chi connectivity index (χ1) is 8.16. The van der Waals surface area contributed by atoms with E-state index in [1.807, 2.05) is 0 Å². The van der Waals surface area contributed by atoms with E-state index < -0.39 is 0 Å². The Labute approximate surface area is 101 Å². The van der Waals surface area contributed by atoms with Gasteiger partial charge in [0.2, 0.25) is 0 Å². The predicted molar refractivity (Wildman–Crippen MR) is 63.4 cm³/mol. The zero-order chi connectivity index (χ0) is 12.0. The number of aryl methyl sites for hydroxylation is 1. The normalized spacial score (nSPS) is 11.2. The van der Waals surface area contributed by atoms with E-state index in [0.29, 0.717) is 28.0 Å². The molecule has 17 heavy (non-hydrogen) atoms. The van der Waals surface area contributed by atoms with Crippen LogP contribution in [0.5, 0.6) is 0 Å². The molecule has 2 N–H and O–H groups in total. The molecule has 0 bridgehead atoms. The van der Waals surface area contributed by atoms with Gasteiger partial charge < -0.3 is 4.98 Å². The Balaban J connectivity index is 2.30. The zero-order valence-corrected chi connectivity index (χ0v) is 9.64. The molecule has 3 rings (SSSR count). The van der Waals surface area contributed by atoms with Crippen LogP contribution in [0.15, 0.2) is 18.3 Å². The highest BCUT2D eigenvalue weighted by molar-refractivity contribution is 6.32. The molecular weight excluding hydrogens is 243 g/mol. The van der Waals surface area contributed by atoms with Gasteiger partial charge in [-0.25, -0.2) is 9.37 Å². The van der Waals surface area contributed by atoms with E-state index in [1.54, 1.807) is 19.1 Å². The van der Waals surface area contributed by atoms with Crippen molar-refractivity contribution >= 4 is 22.5 Å². The molecule has 86 valence electrons. The van der Waals surface area contributed by atoms with Crippen LogP contribution in [0.25, 0.3) is 22.2 Å². The standard InChI is InChI=1S/C11H8ClFN4/c1-5-15-10(11(12)16-5)6-2-3-8-7(9(6)13)4-14-17-8/h2-4H,1H3,(H,14,17)(H,15,16). The van der Waals surface area contributed by atoms with Gasteiger partial charge in [0.05, 0.1) is 22.8 Å². The molecule has 0 aliphatic rings. The molecular formula is C11H8ClFN4. The molecule has 0 spiro atoms. The smallest absolute Gasteiger partial charge is 0.155 e. The lowest BCUT2D eigenvalue weighted by atomic mass is 10.1. The molecule has 3 aromatic rings. The number of H-pyrrole nitrogens is 2. The topological polar surface area (TPSA) is 57.4 Å². The Kier molecular flexibility index (Phi) is 2.16. The fraction of sp³-hybridized carbons (Fsp3) is 0.0909. The maximum Gasteiger partial charge on any atom is 0.155 e. The molecule has 0 saturated heterocycles. The summed E-state index contributed by atoms with van der Waals surface area (Å²) in [5.41, 5.74) is 1.54. The highest BCUT2D eigenvalue weighted by atomic mass is 35.5. The number of hydrogen-bond acceptors (Lipinski definition) is 2. The second kappa shape index (κ2) is 3.56. The second-order valence-electron chi connectivity index (χ2n) is 3.75. The lowest BCUT2D eigenvalue weighted by molar-refractivity contribution is 0.643. The highest BCUT2D eigenvalue weighted by Crippen LogP contribution is 2.31. The third kappa shape index (κ3) is 1.51. The van der Waals surface area contributed by atoms with Crippen LogP contribution in [-0.4, -0.2) is 20.2 Å². The van der Waals surface area contributed by atoms with Crippen LogP contribution in [0, 0.1) is 12.7 Å². The van der Waals surface area contributed by atoms with E-state index in [-0.39, 0.29) is 11.0 Å². The van der Waals surface area contributed by atoms with Crippen LogP contribution in [0.2, 0.25) is 5.15 Å². The van der Waals surface area contributed by atoms with Crippen molar-refractivity contribution in [3.63, 3.8) is 0 Å². The molecule has 0 radical (unpaired) electrons. The molecule has 0 aliphatic heterocycles. The monoisotopic (exact) mass is 250 g/mol. The van der Waals surface area contributed by atoms with Gasteiger partial charge in [-0.2, -0.15) is 5.10 Å². The molecule has 0 fully saturated rings. The van der Waals surface area contributed by atoms with Crippen molar-refractivity contribution in [1.29, 1.82) is 0 Å². The van der Waals surface area contributed by atoms with Crippen molar-refractivity contribution in [2.45, 2.75) is 6.92 Å². The summed E-state index contributed by atoms with van der Waals surface area (Å²) < 4.78 is 14.2. The van der Waals surface area contributed by atoms with E-state index in [1.165, 1.54) is 6.20 Å². The zero-order valence-electron chi connectivity index (χ0n) is 8.88. The lowest BCUT2D eigenvalue weighted by Gasteiger charge is -2.01. The number of benzene rings is 1. The molecule has 4 nitrogen and oxygen atoms in total. The van der Waals surface area contributed by atoms with Crippen LogP contribution in [0.1, 0.15) is 5.82 Å². The van der Waals surface area contributed by atoms with Gasteiger partial charge in [-0.15, -0.1) is 0 Å². The quantitative estimate of drug-likeness (QED) is 0.697. The first-order valence-electron chi connectivity index (χ1n) is 5.01. The molecule has 0 saturated carbocycles. The number of fused-ring (bicyclic) bond motifs is 1. The van der Waals surface area contributed by atoms with Gasteiger partial charge in [0.15, 0.2) is 5.15 Å². The van der Waals surface area contributed by atoms with Gasteiger partial charge in [-0.05, 0) is 19.1 Å². The van der Waals surface area contributed by atoms with E-state index in [9.17, 15) is 4.39 Å². The number of aromatic amines is 2. The third-order valence-corrected chi connectivity index (χ3v) is 2.88. The van der Waals surface area contributed by atoms with Gasteiger partial charge in [0.1, 0.15) is 11.6 Å². The summed E-state index contributed by atoms with van der Waals surface area (Å²) in [6, 6.07) is 3.40. The molecule has 0 aliphatic carbocycles. The van der Waals surface area contributed by atoms with Gasteiger partial charge in [0, 0.05) is 5.56 Å². The van der Waals surface area contributed by atoms with Crippen molar-refractivity contribution in [3.05, 3.63) is 35.1 Å². The molecule has 1 aromatic carbocycles. The van der Waals surface area contributed by atoms with Gasteiger partial charge >= 0.3 is 0 Å². The van der Waals surface area contributed by atoms with Crippen LogP contribution in [-0.2, 0) is 0 Å². The van der Waals surface area contributed by atoms with Gasteiger partial charge in [-0.1, -0.05) is 11.6 Å². The van der Waals surface area contributed by atoms with Gasteiger partial charge in [0.25, 0.3) is 0 Å². The van der Waals surface area contributed by atoms with E-state index in [0.717, 1.165) is 0 Å². The number of hydrogen-bond donors (Lipinski definition) is 2. The Hall–Kier alpha value is -1.88. The second-order valence-corrected chi connectivity index (χ2v) is 4.10. The van der Waals surface area contributed by atoms with Crippen LogP contribution in [0.3, 0.4) is 0 Å². The Bertz CT molecular complexity index is 701. The lowest BCUT2D eigenvalue weighted by Crippen LogP contribution is -1.86. The summed E-state index contributed by atoms with van der Waals surface area (Å²) in [5, 5.41) is 7.21. The first kappa shape index (κ1) is 10.3. The third-order valence-electron chi connectivity index (χ3n) is 2.61. The number of imidazole rings is 1. The molecule has 6 heteroatoms. The van der Waals surface area contributed by atoms with E-state index in [2.05, 4.69) is 20.2 Å². The van der Waals surface area contributed by atoms with Crippen LogP contribution in [0.4, 0.5) is 4.39 Å². The Morgan fingerprint density at radius 1 is 1.35 bits per heavy atom. The average molecular weight is 251 g/mol. The minimum atomic E-state index is -0.359. The first-order valence-corrected chi connectivity index (χ1v) is 5.38. The van der Waals surface area contributed by atoms with E-state index >= 15 is 0 Å². The maximum absolute atomic E-state index is 14.2. The SMILES string of the molecule is Cc1nc(Cl)c(-c2ccc3[nH]ncc3c2F)[nH]1. The molecule has 0 atom stereocenters. The number of nitrogens with zero attached hydrogens (tertiary/aromatic N) is 2. The van der Waals surface area contributed by atoms with Crippen LogP contribution >= 0.6 is 11.6 Å². The predicted octanol–water partition coefficient (Wildman–Crippen LogP) is 3.05. The average Bonchev–Trinajstić information content (AvgIpc) is 2.86. The highest BCUT2D eigenvalue weighted by Gasteiger charge is 2.15. The molecule has 0 unspecified atom stereocenters. The van der Waals surface area contributed by atoms with Gasteiger partial charge in [-0.3, -0.25) is 5.10 Å². The Morgan fingerprint density at radius 2 is 2.18 bits per heavy atom. The number of halogens is 2. The summed E-state index contributed by atoms with van der Waals surface area (Å²) in [5.74, 6) is 0.290. The molecule has 0 amide bonds. The summed E-state index contributed by atoms with van der Waals surface area (Å²) in [6.07, 6.45) is 1.45. The number of rotatable bonds is 1. The largest absolute Gasteiger partial charge is 0.341 e. The summed E-state index contributed by atoms with van der Waals surface area (Å²) in [6.45, 7) is 1.77. The number of aromatic nitrogens is 4. The van der Waals surface area contributed by atoms with Crippen molar-refractivity contribution in [3.8, 4) is 11.3 Å². The van der Waals surface area contributed by atoms with Crippen molar-refractivity contribution < 1.29 is 4.39 Å². The van der Waals surface area contributed by atoms with Crippen molar-refractivity contribution in [2.24, 2.45) is 0 Å². The number of nitrogens with one attached hydrogen (secondary N) is 2. The minimum absolute atomic E-state index is 0.268. The minimum Gasteiger partial charge on any atom is -0.341 e.